The highest BCUT2D eigenvalue weighted by Crippen LogP contribution is 2.37. The molecule has 24 heavy (non-hydrogen) atoms. The number of halogens is 4. The Balaban J connectivity index is 2.19. The Labute approximate surface area is 132 Å². The summed E-state index contributed by atoms with van der Waals surface area (Å²) in [6.07, 6.45) is -2.26. The molecule has 0 saturated carbocycles. The fourth-order valence-corrected chi connectivity index (χ4v) is 2.25. The second-order valence-electron chi connectivity index (χ2n) is 5.64. The lowest BCUT2D eigenvalue weighted by Crippen LogP contribution is -2.12. The van der Waals surface area contributed by atoms with Crippen molar-refractivity contribution < 1.29 is 22.0 Å². The van der Waals surface area contributed by atoms with Crippen LogP contribution in [0.15, 0.2) is 33.7 Å². The Morgan fingerprint density at radius 2 is 1.79 bits per heavy atom. The molecule has 5 nitrogen and oxygen atoms in total. The molecule has 0 spiro atoms. The first kappa shape index (κ1) is 16.2. The molecular weight excluding hydrogens is 330 g/mol. The maximum absolute atomic E-state index is 13.8. The van der Waals surface area contributed by atoms with Gasteiger partial charge in [0.15, 0.2) is 5.58 Å². The largest absolute Gasteiger partial charge is 0.418 e. The van der Waals surface area contributed by atoms with Crippen LogP contribution in [-0.2, 0) is 11.8 Å². The summed E-state index contributed by atoms with van der Waals surface area (Å²) in [7, 11) is 0. The molecule has 9 heteroatoms. The monoisotopic (exact) mass is 341 g/mol. The molecule has 1 aromatic carbocycles. The molecule has 0 unspecified atom stereocenters. The van der Waals surface area contributed by atoms with Crippen LogP contribution in [-0.4, -0.2) is 15.0 Å². The van der Waals surface area contributed by atoms with Gasteiger partial charge in [0, 0.05) is 5.56 Å². The van der Waals surface area contributed by atoms with Gasteiger partial charge in [0.25, 0.3) is 0 Å². The van der Waals surface area contributed by atoms with Crippen molar-refractivity contribution in [3.05, 3.63) is 46.3 Å². The molecule has 0 aliphatic carbocycles. The van der Waals surface area contributed by atoms with Gasteiger partial charge in [-0.05, 0) is 26.0 Å². The molecule has 0 fully saturated rings. The molecule has 0 radical (unpaired) electrons. The number of fused-ring (bicyclic) bond motifs is 1. The van der Waals surface area contributed by atoms with Crippen molar-refractivity contribution in [1.82, 2.24) is 15.0 Å². The van der Waals surface area contributed by atoms with Crippen molar-refractivity contribution >= 4 is 11.1 Å². The molecule has 3 rings (SSSR count). The van der Waals surface area contributed by atoms with E-state index >= 15 is 0 Å². The van der Waals surface area contributed by atoms with Crippen LogP contribution in [0.4, 0.5) is 17.6 Å². The van der Waals surface area contributed by atoms with E-state index in [9.17, 15) is 22.4 Å². The first-order valence-electron chi connectivity index (χ1n) is 6.82. The summed E-state index contributed by atoms with van der Waals surface area (Å²) in [6, 6.07) is 1.95. The van der Waals surface area contributed by atoms with E-state index in [0.29, 0.717) is 0 Å². The minimum atomic E-state index is -4.66. The van der Waals surface area contributed by atoms with Gasteiger partial charge in [-0.3, -0.25) is 15.0 Å². The molecule has 0 saturated heterocycles. The van der Waals surface area contributed by atoms with E-state index in [1.54, 1.807) is 0 Å². The average Bonchev–Trinajstić information content (AvgIpc) is 2.85. The number of nitrogens with zero attached hydrogens (tertiary/aromatic N) is 2. The second-order valence-corrected chi connectivity index (χ2v) is 5.64. The van der Waals surface area contributed by atoms with Crippen molar-refractivity contribution in [3.63, 3.8) is 0 Å². The average molecular weight is 341 g/mol. The summed E-state index contributed by atoms with van der Waals surface area (Å²) < 4.78 is 57.7. The summed E-state index contributed by atoms with van der Waals surface area (Å²) in [4.78, 5) is 21.3. The molecule has 3 aromatic rings. The van der Waals surface area contributed by atoms with Crippen molar-refractivity contribution in [1.29, 1.82) is 0 Å². The Hall–Kier alpha value is -2.71. The molecule has 0 aliphatic rings. The fraction of sp³-hybridized carbons (Fsp3) is 0.267. The lowest BCUT2D eigenvalue weighted by atomic mass is 10.1. The van der Waals surface area contributed by atoms with Gasteiger partial charge in [-0.25, -0.2) is 9.18 Å². The zero-order valence-electron chi connectivity index (χ0n) is 12.5. The van der Waals surface area contributed by atoms with Gasteiger partial charge in [0.1, 0.15) is 11.2 Å². The highest BCUT2D eigenvalue weighted by atomic mass is 19.4. The van der Waals surface area contributed by atoms with Crippen LogP contribution in [0, 0.1) is 0 Å². The van der Waals surface area contributed by atoms with Crippen LogP contribution in [0.3, 0.4) is 0 Å². The number of H-pyrrole nitrogens is 1. The number of rotatable bonds is 2. The molecule has 1 N–H and O–H groups in total. The van der Waals surface area contributed by atoms with E-state index in [1.165, 1.54) is 26.2 Å². The first-order valence-corrected chi connectivity index (χ1v) is 6.82. The number of alkyl halides is 4. The summed E-state index contributed by atoms with van der Waals surface area (Å²) in [5, 5.41) is 0. The molecule has 0 aliphatic heterocycles. The summed E-state index contributed by atoms with van der Waals surface area (Å²) >= 11 is 0. The topological polar surface area (TPSA) is 71.8 Å². The smallest absolute Gasteiger partial charge is 0.407 e. The Kier molecular flexibility index (Phi) is 3.47. The number of aromatic nitrogens is 3. The minimum absolute atomic E-state index is 0.0740. The van der Waals surface area contributed by atoms with Crippen LogP contribution >= 0.6 is 0 Å². The van der Waals surface area contributed by atoms with E-state index in [-0.39, 0.29) is 22.5 Å². The maximum Gasteiger partial charge on any atom is 0.418 e. The minimum Gasteiger partial charge on any atom is -0.407 e. The van der Waals surface area contributed by atoms with Gasteiger partial charge in [-0.2, -0.15) is 13.2 Å². The van der Waals surface area contributed by atoms with E-state index < -0.39 is 28.7 Å². The summed E-state index contributed by atoms with van der Waals surface area (Å²) in [5.41, 5.74) is -3.11. The fourth-order valence-electron chi connectivity index (χ4n) is 2.25. The zero-order chi connectivity index (χ0) is 17.7. The first-order chi connectivity index (χ1) is 11.1. The van der Waals surface area contributed by atoms with Crippen LogP contribution in [0.2, 0.25) is 0 Å². The molecule has 0 amide bonds. The van der Waals surface area contributed by atoms with Gasteiger partial charge in [-0.1, -0.05) is 0 Å². The maximum atomic E-state index is 13.8. The van der Waals surface area contributed by atoms with E-state index in [1.807, 2.05) is 4.98 Å². The Morgan fingerprint density at radius 1 is 1.08 bits per heavy atom. The van der Waals surface area contributed by atoms with Crippen molar-refractivity contribution in [2.75, 3.05) is 0 Å². The number of hydrogen-bond donors (Lipinski definition) is 1. The van der Waals surface area contributed by atoms with Gasteiger partial charge < -0.3 is 4.42 Å². The molecule has 2 heterocycles. The van der Waals surface area contributed by atoms with Crippen LogP contribution in [0.5, 0.6) is 0 Å². The third-order valence-corrected chi connectivity index (χ3v) is 3.42. The van der Waals surface area contributed by atoms with Gasteiger partial charge in [0.2, 0.25) is 0 Å². The van der Waals surface area contributed by atoms with Crippen LogP contribution in [0.25, 0.3) is 22.4 Å². The van der Waals surface area contributed by atoms with Crippen molar-refractivity contribution in [2.45, 2.75) is 25.7 Å². The van der Waals surface area contributed by atoms with Crippen molar-refractivity contribution in [2.24, 2.45) is 0 Å². The SMILES string of the molecule is CC(C)(F)c1cnc(-c2ccc(C(F)(F)F)c3[nH]c(=O)oc23)cn1. The van der Waals surface area contributed by atoms with Gasteiger partial charge >= 0.3 is 11.9 Å². The van der Waals surface area contributed by atoms with E-state index in [0.717, 1.165) is 12.1 Å². The van der Waals surface area contributed by atoms with E-state index in [2.05, 4.69) is 9.97 Å². The van der Waals surface area contributed by atoms with Crippen LogP contribution in [0.1, 0.15) is 25.1 Å². The quantitative estimate of drug-likeness (QED) is 0.720. The molecule has 0 bridgehead atoms. The standard InChI is InChI=1S/C15H11F4N3O2/c1-14(2,16)10-6-20-9(5-21-10)7-3-4-8(15(17,18)19)11-12(7)24-13(23)22-11/h3-6H,1-2H3,(H,22,23). The Bertz CT molecular complexity index is 950. The number of nitrogens with one attached hydrogen (secondary N) is 1. The van der Waals surface area contributed by atoms with Gasteiger partial charge in [0.05, 0.1) is 29.3 Å². The molecule has 126 valence electrons. The lowest BCUT2D eigenvalue weighted by molar-refractivity contribution is -0.136. The zero-order valence-corrected chi connectivity index (χ0v) is 12.5. The number of aromatic amines is 1. The third-order valence-electron chi connectivity index (χ3n) is 3.42. The van der Waals surface area contributed by atoms with E-state index in [4.69, 9.17) is 4.42 Å². The highest BCUT2D eigenvalue weighted by molar-refractivity contribution is 5.91. The molecule has 2 aromatic heterocycles. The number of hydrogen-bond acceptors (Lipinski definition) is 4. The predicted octanol–water partition coefficient (Wildman–Crippen LogP) is 3.80. The number of oxazole rings is 1. The number of benzene rings is 1. The summed E-state index contributed by atoms with van der Waals surface area (Å²) in [6.45, 7) is 2.61. The molecular formula is C15H11F4N3O2. The highest BCUT2D eigenvalue weighted by Gasteiger charge is 2.35. The normalized spacial score (nSPS) is 12.8. The van der Waals surface area contributed by atoms with Crippen LogP contribution < -0.4 is 5.76 Å². The summed E-state index contributed by atoms with van der Waals surface area (Å²) in [5.74, 6) is -1.02. The third kappa shape index (κ3) is 2.77. The van der Waals surface area contributed by atoms with Gasteiger partial charge in [-0.15, -0.1) is 0 Å². The Morgan fingerprint density at radius 3 is 2.33 bits per heavy atom. The molecule has 0 atom stereocenters. The second kappa shape index (κ2) is 5.15. The predicted molar refractivity (Wildman–Crippen MR) is 77.0 cm³/mol. The van der Waals surface area contributed by atoms with Crippen molar-refractivity contribution in [3.8, 4) is 11.3 Å². The lowest BCUT2D eigenvalue weighted by Gasteiger charge is -2.13.